The zero-order chi connectivity index (χ0) is 13.4. The van der Waals surface area contributed by atoms with E-state index in [1.165, 1.54) is 24.0 Å². The minimum atomic E-state index is -0.861. The highest BCUT2D eigenvalue weighted by molar-refractivity contribution is 5.92. The molecule has 0 radical (unpaired) electrons. The van der Waals surface area contributed by atoms with Gasteiger partial charge in [0.15, 0.2) is 0 Å². The second-order valence-corrected chi connectivity index (χ2v) is 5.12. The Morgan fingerprint density at radius 3 is 2.68 bits per heavy atom. The summed E-state index contributed by atoms with van der Waals surface area (Å²) >= 11 is 0. The lowest BCUT2D eigenvalue weighted by Crippen LogP contribution is -2.00. The zero-order valence-electron chi connectivity index (χ0n) is 10.9. The molecular weight excluding hydrogens is 236 g/mol. The molecule has 3 rings (SSSR count). The van der Waals surface area contributed by atoms with Gasteiger partial charge in [-0.3, -0.25) is 0 Å². The van der Waals surface area contributed by atoms with Crippen LogP contribution in [0.1, 0.15) is 33.5 Å². The van der Waals surface area contributed by atoms with Crippen molar-refractivity contribution in [2.75, 3.05) is 0 Å². The summed E-state index contributed by atoms with van der Waals surface area (Å²) in [7, 11) is 0. The Hall–Kier alpha value is -2.09. The van der Waals surface area contributed by atoms with Crippen molar-refractivity contribution in [3.05, 3.63) is 58.7 Å². The predicted molar refractivity (Wildman–Crippen MR) is 75.6 cm³/mol. The Balaban J connectivity index is 2.12. The number of fused-ring (bicyclic) bond motifs is 1. The van der Waals surface area contributed by atoms with E-state index in [2.05, 4.69) is 18.2 Å². The van der Waals surface area contributed by atoms with E-state index in [9.17, 15) is 9.90 Å². The number of hydrogen-bond donors (Lipinski definition) is 1. The van der Waals surface area contributed by atoms with Crippen LogP contribution in [0.15, 0.2) is 36.4 Å². The number of aromatic carboxylic acids is 1. The quantitative estimate of drug-likeness (QED) is 0.881. The van der Waals surface area contributed by atoms with Crippen LogP contribution in [0.2, 0.25) is 0 Å². The third kappa shape index (κ3) is 2.03. The maximum Gasteiger partial charge on any atom is 0.335 e. The van der Waals surface area contributed by atoms with Crippen LogP contribution in [-0.2, 0) is 12.8 Å². The van der Waals surface area contributed by atoms with Crippen molar-refractivity contribution in [3.63, 3.8) is 0 Å². The Bertz CT molecular complexity index is 656. The van der Waals surface area contributed by atoms with E-state index in [0.717, 1.165) is 23.1 Å². The molecule has 2 aromatic rings. The Morgan fingerprint density at radius 2 is 1.89 bits per heavy atom. The molecule has 0 atom stereocenters. The van der Waals surface area contributed by atoms with Crippen molar-refractivity contribution in [1.82, 2.24) is 0 Å². The van der Waals surface area contributed by atoms with E-state index in [4.69, 9.17) is 0 Å². The fourth-order valence-corrected chi connectivity index (χ4v) is 2.92. The van der Waals surface area contributed by atoms with E-state index < -0.39 is 5.97 Å². The van der Waals surface area contributed by atoms with Gasteiger partial charge in [0.1, 0.15) is 0 Å². The molecule has 0 fully saturated rings. The highest BCUT2D eigenvalue weighted by Crippen LogP contribution is 2.30. The van der Waals surface area contributed by atoms with Gasteiger partial charge in [-0.15, -0.1) is 0 Å². The molecule has 0 saturated heterocycles. The standard InChI is InChI=1S/C17H16O2/c1-11-15(6-3-7-16(11)17(18)19)14-9-8-12-4-2-5-13(12)10-14/h3,6-10H,2,4-5H2,1H3,(H,18,19). The monoisotopic (exact) mass is 252 g/mol. The number of rotatable bonds is 2. The van der Waals surface area contributed by atoms with Gasteiger partial charge in [-0.25, -0.2) is 4.79 Å². The highest BCUT2D eigenvalue weighted by atomic mass is 16.4. The van der Waals surface area contributed by atoms with Crippen LogP contribution in [0.4, 0.5) is 0 Å². The summed E-state index contributed by atoms with van der Waals surface area (Å²) in [6.45, 7) is 1.88. The van der Waals surface area contributed by atoms with Crippen LogP contribution in [0.5, 0.6) is 0 Å². The molecule has 0 heterocycles. The van der Waals surface area contributed by atoms with Gasteiger partial charge in [0, 0.05) is 0 Å². The van der Waals surface area contributed by atoms with Crippen LogP contribution in [0.3, 0.4) is 0 Å². The van der Waals surface area contributed by atoms with Crippen molar-refractivity contribution in [1.29, 1.82) is 0 Å². The van der Waals surface area contributed by atoms with Crippen LogP contribution in [-0.4, -0.2) is 11.1 Å². The van der Waals surface area contributed by atoms with Gasteiger partial charge in [-0.2, -0.15) is 0 Å². The Kier molecular flexibility index (Phi) is 2.86. The summed E-state index contributed by atoms with van der Waals surface area (Å²) in [6.07, 6.45) is 3.54. The molecule has 0 saturated carbocycles. The Morgan fingerprint density at radius 1 is 1.11 bits per heavy atom. The third-order valence-corrected chi connectivity index (χ3v) is 3.97. The lowest BCUT2D eigenvalue weighted by atomic mass is 9.94. The van der Waals surface area contributed by atoms with Crippen LogP contribution >= 0.6 is 0 Å². The summed E-state index contributed by atoms with van der Waals surface area (Å²) in [6, 6.07) is 12.0. The average Bonchev–Trinajstić information content (AvgIpc) is 2.85. The first-order chi connectivity index (χ1) is 9.16. The molecule has 0 bridgehead atoms. The molecular formula is C17H16O2. The van der Waals surface area contributed by atoms with Crippen molar-refractivity contribution in [2.24, 2.45) is 0 Å². The Labute approximate surface area is 112 Å². The molecule has 0 aliphatic heterocycles. The van der Waals surface area contributed by atoms with Gasteiger partial charge in [0.2, 0.25) is 0 Å². The van der Waals surface area contributed by atoms with Crippen LogP contribution in [0.25, 0.3) is 11.1 Å². The van der Waals surface area contributed by atoms with Crippen molar-refractivity contribution < 1.29 is 9.90 Å². The molecule has 2 heteroatoms. The van der Waals surface area contributed by atoms with E-state index in [0.29, 0.717) is 5.56 Å². The molecule has 1 N–H and O–H groups in total. The molecule has 1 aliphatic rings. The molecule has 0 aromatic heterocycles. The van der Waals surface area contributed by atoms with Crippen LogP contribution in [0, 0.1) is 6.92 Å². The molecule has 2 nitrogen and oxygen atoms in total. The minimum Gasteiger partial charge on any atom is -0.478 e. The molecule has 1 aliphatic carbocycles. The van der Waals surface area contributed by atoms with E-state index in [1.807, 2.05) is 19.1 Å². The highest BCUT2D eigenvalue weighted by Gasteiger charge is 2.14. The molecule has 19 heavy (non-hydrogen) atoms. The smallest absolute Gasteiger partial charge is 0.335 e. The maximum atomic E-state index is 11.2. The number of hydrogen-bond acceptors (Lipinski definition) is 1. The normalized spacial score (nSPS) is 13.3. The zero-order valence-corrected chi connectivity index (χ0v) is 10.9. The lowest BCUT2D eigenvalue weighted by Gasteiger charge is -2.10. The third-order valence-electron chi connectivity index (χ3n) is 3.97. The largest absolute Gasteiger partial charge is 0.478 e. The van der Waals surface area contributed by atoms with Crippen LogP contribution < -0.4 is 0 Å². The predicted octanol–water partition coefficient (Wildman–Crippen LogP) is 3.85. The molecule has 96 valence electrons. The van der Waals surface area contributed by atoms with E-state index in [1.54, 1.807) is 6.07 Å². The van der Waals surface area contributed by atoms with Gasteiger partial charge in [-0.1, -0.05) is 30.3 Å². The molecule has 0 amide bonds. The van der Waals surface area contributed by atoms with E-state index in [-0.39, 0.29) is 0 Å². The van der Waals surface area contributed by atoms with Crippen molar-refractivity contribution >= 4 is 5.97 Å². The average molecular weight is 252 g/mol. The maximum absolute atomic E-state index is 11.2. The van der Waals surface area contributed by atoms with E-state index >= 15 is 0 Å². The van der Waals surface area contributed by atoms with Gasteiger partial charge in [-0.05, 0) is 60.1 Å². The number of carboxylic acid groups (broad SMARTS) is 1. The summed E-state index contributed by atoms with van der Waals surface area (Å²) in [5.74, 6) is -0.861. The van der Waals surface area contributed by atoms with Gasteiger partial charge < -0.3 is 5.11 Å². The summed E-state index contributed by atoms with van der Waals surface area (Å²) in [5, 5.41) is 9.19. The number of carbonyl (C=O) groups is 1. The SMILES string of the molecule is Cc1c(C(=O)O)cccc1-c1ccc2c(c1)CCC2. The van der Waals surface area contributed by atoms with Crippen molar-refractivity contribution in [3.8, 4) is 11.1 Å². The molecule has 2 aromatic carbocycles. The molecule has 0 unspecified atom stereocenters. The second-order valence-electron chi connectivity index (χ2n) is 5.12. The van der Waals surface area contributed by atoms with Gasteiger partial charge in [0.25, 0.3) is 0 Å². The fraction of sp³-hybridized carbons (Fsp3) is 0.235. The summed E-state index contributed by atoms with van der Waals surface area (Å²) in [5.41, 5.74) is 6.23. The summed E-state index contributed by atoms with van der Waals surface area (Å²) < 4.78 is 0. The lowest BCUT2D eigenvalue weighted by molar-refractivity contribution is 0.0696. The number of aryl methyl sites for hydroxylation is 2. The van der Waals surface area contributed by atoms with Gasteiger partial charge >= 0.3 is 5.97 Å². The number of benzene rings is 2. The topological polar surface area (TPSA) is 37.3 Å². The minimum absolute atomic E-state index is 0.387. The fourth-order valence-electron chi connectivity index (χ4n) is 2.92. The second kappa shape index (κ2) is 4.54. The first-order valence-electron chi connectivity index (χ1n) is 6.62. The molecule has 0 spiro atoms. The first kappa shape index (κ1) is 12.0. The number of carboxylic acids is 1. The summed E-state index contributed by atoms with van der Waals surface area (Å²) in [4.78, 5) is 11.2. The first-order valence-corrected chi connectivity index (χ1v) is 6.62. The van der Waals surface area contributed by atoms with Gasteiger partial charge in [0.05, 0.1) is 5.56 Å². The van der Waals surface area contributed by atoms with Crippen molar-refractivity contribution in [2.45, 2.75) is 26.2 Å².